The Kier molecular flexibility index (Phi) is 7.22. The molecule has 0 radical (unpaired) electrons. The van der Waals surface area contributed by atoms with Crippen LogP contribution in [0.25, 0.3) is 0 Å². The average Bonchev–Trinajstić information content (AvgIpc) is 3.27. The van der Waals surface area contributed by atoms with Crippen LogP contribution >= 0.6 is 0 Å². The first-order chi connectivity index (χ1) is 19.3. The van der Waals surface area contributed by atoms with Gasteiger partial charge in [0.2, 0.25) is 5.91 Å². The molecule has 0 aromatic heterocycles. The number of carbonyl (C=O) groups is 2. The zero-order valence-corrected chi connectivity index (χ0v) is 23.0. The number of fused-ring (bicyclic) bond motifs is 1. The molecule has 4 aromatic carbocycles. The minimum absolute atomic E-state index is 0.0205. The molecule has 204 valence electrons. The van der Waals surface area contributed by atoms with E-state index in [0.29, 0.717) is 39.4 Å². The van der Waals surface area contributed by atoms with Crippen LogP contribution in [-0.4, -0.2) is 37.2 Å². The van der Waals surface area contributed by atoms with Gasteiger partial charge < -0.3 is 19.5 Å². The van der Waals surface area contributed by atoms with Crippen molar-refractivity contribution in [2.75, 3.05) is 30.0 Å². The third-order valence-corrected chi connectivity index (χ3v) is 7.41. The number of amides is 1. The van der Waals surface area contributed by atoms with Crippen molar-refractivity contribution in [3.8, 4) is 11.5 Å². The molecule has 4 aromatic rings. The van der Waals surface area contributed by atoms with Crippen molar-refractivity contribution in [2.45, 2.75) is 26.4 Å². The van der Waals surface area contributed by atoms with Gasteiger partial charge in [0.05, 0.1) is 12.7 Å². The number of phenols is 1. The van der Waals surface area contributed by atoms with E-state index in [4.69, 9.17) is 9.47 Å². The predicted octanol–water partition coefficient (Wildman–Crippen LogP) is 6.39. The Morgan fingerprint density at radius 3 is 2.15 bits per heavy atom. The van der Waals surface area contributed by atoms with E-state index in [-0.39, 0.29) is 11.7 Å². The number of rotatable bonds is 8. The molecule has 1 atom stereocenters. The Balaban J connectivity index is 1.80. The number of phenolic OH excluding ortho intramolecular Hbond substituents is 1. The highest BCUT2D eigenvalue weighted by Gasteiger charge is 2.51. The summed E-state index contributed by atoms with van der Waals surface area (Å²) in [4.78, 5) is 30.0. The number of hydrogen-bond donors (Lipinski definition) is 1. The number of esters is 1. The number of ether oxygens (including phenoxy) is 2. The van der Waals surface area contributed by atoms with Gasteiger partial charge in [-0.25, -0.2) is 4.79 Å². The normalized spacial score (nSPS) is 15.8. The van der Waals surface area contributed by atoms with Gasteiger partial charge in [-0.3, -0.25) is 9.69 Å². The molecule has 0 spiro atoms. The highest BCUT2D eigenvalue weighted by molar-refractivity contribution is 6.00. The van der Waals surface area contributed by atoms with E-state index < -0.39 is 11.6 Å². The van der Waals surface area contributed by atoms with Crippen LogP contribution in [0.15, 0.2) is 91.0 Å². The lowest BCUT2D eigenvalue weighted by atomic mass is 9.78. The molecule has 7 heteroatoms. The molecule has 40 heavy (non-hydrogen) atoms. The number of anilines is 3. The van der Waals surface area contributed by atoms with Crippen LogP contribution in [0.3, 0.4) is 0 Å². The quantitative estimate of drug-likeness (QED) is 0.263. The van der Waals surface area contributed by atoms with Gasteiger partial charge in [0, 0.05) is 59.8 Å². The summed E-state index contributed by atoms with van der Waals surface area (Å²) in [5, 5.41) is 11.5. The van der Waals surface area contributed by atoms with E-state index >= 15 is 0 Å². The number of nitrogens with zero attached hydrogens (tertiary/aromatic N) is 2. The monoisotopic (exact) mass is 536 g/mol. The summed E-state index contributed by atoms with van der Waals surface area (Å²) < 4.78 is 12.1. The summed E-state index contributed by atoms with van der Waals surface area (Å²) in [6.45, 7) is 7.14. The molecule has 1 amide bonds. The Morgan fingerprint density at radius 1 is 0.825 bits per heavy atom. The van der Waals surface area contributed by atoms with Crippen LogP contribution in [0.1, 0.15) is 47.8 Å². The molecule has 1 aliphatic rings. The van der Waals surface area contributed by atoms with Gasteiger partial charge in [0.15, 0.2) is 5.60 Å². The van der Waals surface area contributed by atoms with Crippen LogP contribution in [0.2, 0.25) is 0 Å². The maximum Gasteiger partial charge on any atom is 0.340 e. The topological polar surface area (TPSA) is 79.3 Å². The fourth-order valence-corrected chi connectivity index (χ4v) is 5.57. The summed E-state index contributed by atoms with van der Waals surface area (Å²) in [6, 6.07) is 27.2. The van der Waals surface area contributed by atoms with Gasteiger partial charge in [0.1, 0.15) is 11.5 Å². The number of cyclic esters (lactones) is 1. The van der Waals surface area contributed by atoms with Gasteiger partial charge in [0.25, 0.3) is 0 Å². The highest BCUT2D eigenvalue weighted by atomic mass is 16.6. The van der Waals surface area contributed by atoms with Gasteiger partial charge in [-0.1, -0.05) is 36.4 Å². The van der Waals surface area contributed by atoms with E-state index in [1.54, 1.807) is 47.4 Å². The number of hydrogen-bond acceptors (Lipinski definition) is 6. The van der Waals surface area contributed by atoms with E-state index in [1.807, 2.05) is 48.5 Å². The molecule has 0 saturated carbocycles. The lowest BCUT2D eigenvalue weighted by Gasteiger charge is -2.33. The van der Waals surface area contributed by atoms with Crippen LogP contribution in [0.5, 0.6) is 11.5 Å². The molecule has 0 fully saturated rings. The average molecular weight is 537 g/mol. The summed E-state index contributed by atoms with van der Waals surface area (Å²) in [5.41, 5.74) is 2.43. The first-order valence-corrected chi connectivity index (χ1v) is 13.3. The van der Waals surface area contributed by atoms with Crippen LogP contribution in [0.4, 0.5) is 17.1 Å². The summed E-state index contributed by atoms with van der Waals surface area (Å²) in [6.07, 6.45) is 0. The number of carbonyl (C=O) groups excluding carboxylic acids is 2. The first kappa shape index (κ1) is 26.8. The molecular weight excluding hydrogens is 504 g/mol. The fraction of sp³-hybridized carbons (Fsp3) is 0.212. The third-order valence-electron chi connectivity index (χ3n) is 7.41. The van der Waals surface area contributed by atoms with Crippen molar-refractivity contribution < 1.29 is 24.2 Å². The van der Waals surface area contributed by atoms with Crippen LogP contribution < -0.4 is 14.5 Å². The zero-order chi connectivity index (χ0) is 28.4. The van der Waals surface area contributed by atoms with Crippen molar-refractivity contribution in [3.63, 3.8) is 0 Å². The van der Waals surface area contributed by atoms with E-state index in [9.17, 15) is 14.7 Å². The Labute approximate surface area is 234 Å². The number of aromatic hydroxyl groups is 1. The smallest absolute Gasteiger partial charge is 0.340 e. The molecule has 0 saturated heterocycles. The molecule has 1 aliphatic heterocycles. The van der Waals surface area contributed by atoms with Crippen LogP contribution in [-0.2, 0) is 15.1 Å². The molecule has 0 aliphatic carbocycles. The van der Waals surface area contributed by atoms with Gasteiger partial charge in [-0.15, -0.1) is 0 Å². The number of para-hydroxylation sites is 1. The van der Waals surface area contributed by atoms with E-state index in [0.717, 1.165) is 18.8 Å². The summed E-state index contributed by atoms with van der Waals surface area (Å²) in [7, 11) is 1.54. The maximum absolute atomic E-state index is 13.3. The Morgan fingerprint density at radius 2 is 1.50 bits per heavy atom. The number of benzene rings is 4. The minimum atomic E-state index is -1.53. The van der Waals surface area contributed by atoms with Crippen molar-refractivity contribution in [3.05, 3.63) is 113 Å². The molecule has 5 rings (SSSR count). The fourth-order valence-electron chi connectivity index (χ4n) is 5.57. The van der Waals surface area contributed by atoms with Gasteiger partial charge in [-0.05, 0) is 62.4 Å². The maximum atomic E-state index is 13.3. The minimum Gasteiger partial charge on any atom is -0.507 e. The lowest BCUT2D eigenvalue weighted by Crippen LogP contribution is -2.31. The summed E-state index contributed by atoms with van der Waals surface area (Å²) >= 11 is 0. The lowest BCUT2D eigenvalue weighted by molar-refractivity contribution is -0.115. The second kappa shape index (κ2) is 10.8. The molecule has 1 N–H and O–H groups in total. The Bertz CT molecular complexity index is 1560. The van der Waals surface area contributed by atoms with E-state index in [2.05, 4.69) is 18.7 Å². The highest BCUT2D eigenvalue weighted by Crippen LogP contribution is 2.53. The van der Waals surface area contributed by atoms with Crippen molar-refractivity contribution in [2.24, 2.45) is 0 Å². The van der Waals surface area contributed by atoms with Crippen molar-refractivity contribution in [1.29, 1.82) is 0 Å². The molecule has 0 bridgehead atoms. The van der Waals surface area contributed by atoms with Crippen molar-refractivity contribution >= 4 is 28.9 Å². The Hall–Kier alpha value is -4.78. The van der Waals surface area contributed by atoms with Crippen LogP contribution in [0, 0.1) is 0 Å². The number of methoxy groups -OCH3 is 1. The predicted molar refractivity (Wildman–Crippen MR) is 156 cm³/mol. The molecule has 7 nitrogen and oxygen atoms in total. The second-order valence-electron chi connectivity index (χ2n) is 9.56. The molecule has 1 unspecified atom stereocenters. The largest absolute Gasteiger partial charge is 0.507 e. The zero-order valence-electron chi connectivity index (χ0n) is 23.0. The van der Waals surface area contributed by atoms with E-state index in [1.165, 1.54) is 14.0 Å². The SMILES string of the molecule is CCN(CC)c1ccc(C2(c3cc(N(C(C)=O)c4ccccc4)ccc3OC)OC(=O)c3ccccc32)c(O)c1. The standard InChI is InChI=1S/C33H32N2O5/c1-5-34(6-2)24-16-18-28(30(37)21-24)33(27-15-11-10-14-26(27)32(38)40-33)29-20-25(17-19-31(29)39-4)35(22(3)36)23-12-8-7-9-13-23/h7-21,37H,5-6H2,1-4H3. The third kappa shape index (κ3) is 4.33. The summed E-state index contributed by atoms with van der Waals surface area (Å²) in [5.74, 6) is -0.279. The van der Waals surface area contributed by atoms with Crippen molar-refractivity contribution in [1.82, 2.24) is 0 Å². The molecular formula is C33H32N2O5. The molecule has 1 heterocycles. The second-order valence-corrected chi connectivity index (χ2v) is 9.56. The first-order valence-electron chi connectivity index (χ1n) is 13.3. The van der Waals surface area contributed by atoms with Gasteiger partial charge >= 0.3 is 5.97 Å². The van der Waals surface area contributed by atoms with Gasteiger partial charge in [-0.2, -0.15) is 0 Å².